The first-order valence-electron chi connectivity index (χ1n) is 5.31. The summed E-state index contributed by atoms with van der Waals surface area (Å²) in [6.07, 6.45) is 1.74. The van der Waals surface area contributed by atoms with Crippen molar-refractivity contribution in [2.75, 3.05) is 0 Å². The van der Waals surface area contributed by atoms with Crippen molar-refractivity contribution in [1.29, 1.82) is 0 Å². The SMILES string of the molecule is Cc1ccoc1C(N)Cc1cc(F)ccc1F. The molecule has 2 rings (SSSR count). The molecule has 1 heterocycles. The summed E-state index contributed by atoms with van der Waals surface area (Å²) in [6.45, 7) is 1.86. The molecule has 2 nitrogen and oxygen atoms in total. The number of hydrogen-bond acceptors (Lipinski definition) is 2. The molecule has 1 aromatic carbocycles. The third kappa shape index (κ3) is 2.53. The molecule has 0 spiro atoms. The second-order valence-corrected chi connectivity index (χ2v) is 4.01. The highest BCUT2D eigenvalue weighted by Gasteiger charge is 2.15. The minimum absolute atomic E-state index is 0.206. The van der Waals surface area contributed by atoms with Crippen LogP contribution in [0.2, 0.25) is 0 Å². The lowest BCUT2D eigenvalue weighted by atomic mass is 10.0. The summed E-state index contributed by atoms with van der Waals surface area (Å²) in [5.41, 5.74) is 7.08. The maximum absolute atomic E-state index is 13.4. The van der Waals surface area contributed by atoms with Gasteiger partial charge in [0.25, 0.3) is 0 Å². The maximum atomic E-state index is 13.4. The Morgan fingerprint density at radius 1 is 1.29 bits per heavy atom. The smallest absolute Gasteiger partial charge is 0.126 e. The minimum Gasteiger partial charge on any atom is -0.467 e. The largest absolute Gasteiger partial charge is 0.467 e. The van der Waals surface area contributed by atoms with Crippen molar-refractivity contribution < 1.29 is 13.2 Å². The van der Waals surface area contributed by atoms with Crippen molar-refractivity contribution in [2.45, 2.75) is 19.4 Å². The van der Waals surface area contributed by atoms with Gasteiger partial charge in [-0.2, -0.15) is 0 Å². The summed E-state index contributed by atoms with van der Waals surface area (Å²) in [5, 5.41) is 0. The molecule has 0 bridgehead atoms. The van der Waals surface area contributed by atoms with Gasteiger partial charge in [-0.15, -0.1) is 0 Å². The van der Waals surface area contributed by atoms with E-state index in [-0.39, 0.29) is 12.0 Å². The third-order valence-electron chi connectivity index (χ3n) is 2.69. The number of nitrogens with two attached hydrogens (primary N) is 1. The zero-order chi connectivity index (χ0) is 12.4. The Morgan fingerprint density at radius 2 is 2.06 bits per heavy atom. The molecule has 0 saturated carbocycles. The summed E-state index contributed by atoms with van der Waals surface area (Å²) >= 11 is 0. The van der Waals surface area contributed by atoms with E-state index in [0.29, 0.717) is 5.76 Å². The van der Waals surface area contributed by atoms with Crippen molar-refractivity contribution in [1.82, 2.24) is 0 Å². The van der Waals surface area contributed by atoms with E-state index in [9.17, 15) is 8.78 Å². The Labute approximate surface area is 98.0 Å². The molecule has 2 N–H and O–H groups in total. The molecule has 2 aromatic rings. The molecule has 90 valence electrons. The highest BCUT2D eigenvalue weighted by atomic mass is 19.1. The monoisotopic (exact) mass is 237 g/mol. The molecular formula is C13H13F2NO. The van der Waals surface area contributed by atoms with Crippen LogP contribution in [0.3, 0.4) is 0 Å². The van der Waals surface area contributed by atoms with Crippen LogP contribution in [0.15, 0.2) is 34.9 Å². The normalized spacial score (nSPS) is 12.7. The molecule has 0 aliphatic rings. The van der Waals surface area contributed by atoms with E-state index in [1.54, 1.807) is 6.07 Å². The second-order valence-electron chi connectivity index (χ2n) is 4.01. The van der Waals surface area contributed by atoms with Crippen LogP contribution < -0.4 is 5.73 Å². The number of furan rings is 1. The lowest BCUT2D eigenvalue weighted by Gasteiger charge is -2.11. The quantitative estimate of drug-likeness (QED) is 0.890. The van der Waals surface area contributed by atoms with Gasteiger partial charge in [0.05, 0.1) is 12.3 Å². The van der Waals surface area contributed by atoms with Crippen LogP contribution in [-0.4, -0.2) is 0 Å². The topological polar surface area (TPSA) is 39.2 Å². The molecule has 1 atom stereocenters. The number of aryl methyl sites for hydroxylation is 1. The standard InChI is InChI=1S/C13H13F2NO/c1-8-4-5-17-13(8)12(16)7-9-6-10(14)2-3-11(9)15/h2-6,12H,7,16H2,1H3. The summed E-state index contributed by atoms with van der Waals surface area (Å²) in [6, 6.07) is 4.67. The van der Waals surface area contributed by atoms with Crippen LogP contribution in [0.1, 0.15) is 22.9 Å². The first-order valence-corrected chi connectivity index (χ1v) is 5.31. The first kappa shape index (κ1) is 11.8. The van der Waals surface area contributed by atoms with Gasteiger partial charge in [-0.3, -0.25) is 0 Å². The zero-order valence-corrected chi connectivity index (χ0v) is 9.41. The summed E-state index contributed by atoms with van der Waals surface area (Å²) < 4.78 is 31.6. The van der Waals surface area contributed by atoms with Gasteiger partial charge in [0.15, 0.2) is 0 Å². The molecule has 0 aliphatic carbocycles. The fraction of sp³-hybridized carbons (Fsp3) is 0.231. The average Bonchev–Trinajstić information content (AvgIpc) is 2.70. The van der Waals surface area contributed by atoms with Gasteiger partial charge in [0, 0.05) is 0 Å². The molecule has 0 radical (unpaired) electrons. The van der Waals surface area contributed by atoms with Gasteiger partial charge >= 0.3 is 0 Å². The van der Waals surface area contributed by atoms with Gasteiger partial charge < -0.3 is 10.2 Å². The summed E-state index contributed by atoms with van der Waals surface area (Å²) in [7, 11) is 0. The molecular weight excluding hydrogens is 224 g/mol. The fourth-order valence-electron chi connectivity index (χ4n) is 1.79. The molecule has 0 aliphatic heterocycles. The molecule has 1 aromatic heterocycles. The number of halogens is 2. The van der Waals surface area contributed by atoms with E-state index < -0.39 is 17.7 Å². The average molecular weight is 237 g/mol. The lowest BCUT2D eigenvalue weighted by Crippen LogP contribution is -2.14. The number of benzene rings is 1. The van der Waals surface area contributed by atoms with Crippen LogP contribution in [0.4, 0.5) is 8.78 Å². The summed E-state index contributed by atoms with van der Waals surface area (Å²) in [5.74, 6) is -0.315. The van der Waals surface area contributed by atoms with E-state index >= 15 is 0 Å². The van der Waals surface area contributed by atoms with Gasteiger partial charge in [-0.05, 0) is 48.7 Å². The molecule has 0 amide bonds. The highest BCUT2D eigenvalue weighted by molar-refractivity contribution is 5.24. The predicted molar refractivity (Wildman–Crippen MR) is 60.4 cm³/mol. The lowest BCUT2D eigenvalue weighted by molar-refractivity contribution is 0.456. The fourth-order valence-corrected chi connectivity index (χ4v) is 1.79. The van der Waals surface area contributed by atoms with Crippen LogP contribution in [0, 0.1) is 18.6 Å². The van der Waals surface area contributed by atoms with Crippen molar-refractivity contribution >= 4 is 0 Å². The number of hydrogen-bond donors (Lipinski definition) is 1. The van der Waals surface area contributed by atoms with Crippen molar-refractivity contribution in [3.63, 3.8) is 0 Å². The van der Waals surface area contributed by atoms with E-state index in [1.165, 1.54) is 6.26 Å². The van der Waals surface area contributed by atoms with E-state index in [4.69, 9.17) is 10.2 Å². The van der Waals surface area contributed by atoms with Crippen molar-refractivity contribution in [3.8, 4) is 0 Å². The Morgan fingerprint density at radius 3 is 2.71 bits per heavy atom. The Hall–Kier alpha value is -1.68. The highest BCUT2D eigenvalue weighted by Crippen LogP contribution is 2.22. The van der Waals surface area contributed by atoms with Gasteiger partial charge in [0.1, 0.15) is 17.4 Å². The molecule has 0 fully saturated rings. The zero-order valence-electron chi connectivity index (χ0n) is 9.41. The van der Waals surface area contributed by atoms with Crippen LogP contribution in [0.5, 0.6) is 0 Å². The van der Waals surface area contributed by atoms with E-state index in [0.717, 1.165) is 23.8 Å². The van der Waals surface area contributed by atoms with Gasteiger partial charge in [0.2, 0.25) is 0 Å². The van der Waals surface area contributed by atoms with Gasteiger partial charge in [-0.1, -0.05) is 0 Å². The minimum atomic E-state index is -0.471. The van der Waals surface area contributed by atoms with Crippen molar-refractivity contribution in [2.24, 2.45) is 5.73 Å². The Balaban J connectivity index is 2.21. The first-order chi connectivity index (χ1) is 8.08. The third-order valence-corrected chi connectivity index (χ3v) is 2.69. The van der Waals surface area contributed by atoms with E-state index in [2.05, 4.69) is 0 Å². The maximum Gasteiger partial charge on any atom is 0.126 e. The van der Waals surface area contributed by atoms with E-state index in [1.807, 2.05) is 6.92 Å². The predicted octanol–water partition coefficient (Wildman–Crippen LogP) is 3.11. The van der Waals surface area contributed by atoms with Crippen LogP contribution >= 0.6 is 0 Å². The second kappa shape index (κ2) is 4.67. The van der Waals surface area contributed by atoms with Crippen LogP contribution in [0.25, 0.3) is 0 Å². The molecule has 1 unspecified atom stereocenters. The summed E-state index contributed by atoms with van der Waals surface area (Å²) in [4.78, 5) is 0. The van der Waals surface area contributed by atoms with Crippen LogP contribution in [-0.2, 0) is 6.42 Å². The van der Waals surface area contributed by atoms with Gasteiger partial charge in [-0.25, -0.2) is 8.78 Å². The molecule has 17 heavy (non-hydrogen) atoms. The molecule has 4 heteroatoms. The van der Waals surface area contributed by atoms with Crippen molar-refractivity contribution in [3.05, 3.63) is 59.1 Å². The number of rotatable bonds is 3. The Bertz CT molecular complexity index is 522. The Kier molecular flexibility index (Phi) is 3.24. The molecule has 0 saturated heterocycles.